The van der Waals surface area contributed by atoms with E-state index < -0.39 is 29.3 Å². The lowest BCUT2D eigenvalue weighted by Crippen LogP contribution is -2.42. The first-order valence-electron chi connectivity index (χ1n) is 6.58. The Balaban J connectivity index is 2.43. The van der Waals surface area contributed by atoms with E-state index in [9.17, 15) is 22.8 Å². The molecule has 0 aliphatic heterocycles. The average molecular weight is 312 g/mol. The van der Waals surface area contributed by atoms with Gasteiger partial charge in [-0.15, -0.1) is 0 Å². The molecule has 0 unspecified atom stereocenters. The second-order valence-electron chi connectivity index (χ2n) is 5.35. The molecule has 1 aliphatic rings. The number of rotatable bonds is 2. The van der Waals surface area contributed by atoms with Gasteiger partial charge in [0.05, 0.1) is 5.56 Å². The van der Waals surface area contributed by atoms with Crippen LogP contribution in [0, 0.1) is 6.92 Å². The molecule has 1 heterocycles. The Morgan fingerprint density at radius 3 is 2.00 bits per heavy atom. The van der Waals surface area contributed by atoms with Gasteiger partial charge in [-0.25, -0.2) is 4.98 Å². The largest absolute Gasteiger partial charge is 0.416 e. The second kappa shape index (κ2) is 5.23. The Bertz CT molecular complexity index is 669. The standard InChI is InChI=1S/C15H15F3N2O2/c1-7-5-10(15(16,17)18)6-11(19-7)20(4)12-13(21)8(2)9(3)14(12)22/h5-6,12H,1-4H3. The van der Waals surface area contributed by atoms with Gasteiger partial charge in [-0.05, 0) is 32.9 Å². The van der Waals surface area contributed by atoms with Crippen LogP contribution in [0.5, 0.6) is 0 Å². The summed E-state index contributed by atoms with van der Waals surface area (Å²) in [6, 6.07) is 0.622. The normalized spacial score (nSPS) is 16.7. The van der Waals surface area contributed by atoms with Crippen molar-refractivity contribution in [3.63, 3.8) is 0 Å². The molecule has 1 aromatic rings. The molecule has 0 radical (unpaired) electrons. The lowest BCUT2D eigenvalue weighted by molar-refractivity contribution is -0.137. The zero-order chi connectivity index (χ0) is 16.8. The number of nitrogens with zero attached hydrogens (tertiary/aromatic N) is 2. The summed E-state index contributed by atoms with van der Waals surface area (Å²) < 4.78 is 38.6. The van der Waals surface area contributed by atoms with Crippen molar-refractivity contribution < 1.29 is 22.8 Å². The summed E-state index contributed by atoms with van der Waals surface area (Å²) in [7, 11) is 1.40. The highest BCUT2D eigenvalue weighted by atomic mass is 19.4. The van der Waals surface area contributed by atoms with Crippen LogP contribution in [0.4, 0.5) is 19.0 Å². The quantitative estimate of drug-likeness (QED) is 0.788. The molecule has 0 spiro atoms. The van der Waals surface area contributed by atoms with Crippen LogP contribution in [0.1, 0.15) is 25.1 Å². The van der Waals surface area contributed by atoms with Crippen LogP contribution in [0.25, 0.3) is 0 Å². The van der Waals surface area contributed by atoms with Crippen molar-refractivity contribution in [3.8, 4) is 0 Å². The van der Waals surface area contributed by atoms with E-state index in [1.165, 1.54) is 32.7 Å². The molecular formula is C15H15F3N2O2. The minimum atomic E-state index is -4.52. The first kappa shape index (κ1) is 16.2. The van der Waals surface area contributed by atoms with Crippen LogP contribution < -0.4 is 4.90 Å². The van der Waals surface area contributed by atoms with Crippen LogP contribution >= 0.6 is 0 Å². The van der Waals surface area contributed by atoms with Crippen LogP contribution in [0.2, 0.25) is 0 Å². The SMILES string of the molecule is CC1=C(C)C(=O)C(N(C)c2cc(C(F)(F)F)cc(C)n2)C1=O. The van der Waals surface area contributed by atoms with E-state index in [1.807, 2.05) is 0 Å². The van der Waals surface area contributed by atoms with Crippen molar-refractivity contribution >= 4 is 17.4 Å². The van der Waals surface area contributed by atoms with Gasteiger partial charge in [0.25, 0.3) is 0 Å². The Labute approximate surface area is 125 Å². The van der Waals surface area contributed by atoms with Gasteiger partial charge in [-0.3, -0.25) is 9.59 Å². The Kier molecular flexibility index (Phi) is 3.85. The minimum Gasteiger partial charge on any atom is -0.342 e. The van der Waals surface area contributed by atoms with Crippen LogP contribution in [-0.4, -0.2) is 29.6 Å². The van der Waals surface area contributed by atoms with E-state index in [4.69, 9.17) is 0 Å². The number of ketones is 2. The number of halogens is 3. The third-order valence-electron chi connectivity index (χ3n) is 3.81. The molecule has 7 heteroatoms. The molecule has 0 atom stereocenters. The summed E-state index contributed by atoms with van der Waals surface area (Å²) in [4.78, 5) is 29.5. The Hall–Kier alpha value is -2.18. The van der Waals surface area contributed by atoms with E-state index in [-0.39, 0.29) is 11.5 Å². The molecular weight excluding hydrogens is 297 g/mol. The molecule has 2 rings (SSSR count). The monoisotopic (exact) mass is 312 g/mol. The smallest absolute Gasteiger partial charge is 0.342 e. The van der Waals surface area contributed by atoms with Crippen molar-refractivity contribution in [1.82, 2.24) is 4.98 Å². The number of carbonyl (C=O) groups excluding carboxylic acids is 2. The van der Waals surface area contributed by atoms with Gasteiger partial charge in [-0.1, -0.05) is 0 Å². The number of alkyl halides is 3. The summed E-state index contributed by atoms with van der Waals surface area (Å²) in [6.45, 7) is 4.50. The molecule has 0 fully saturated rings. The lowest BCUT2D eigenvalue weighted by atomic mass is 10.1. The Morgan fingerprint density at radius 2 is 1.55 bits per heavy atom. The first-order chi connectivity index (χ1) is 10.0. The predicted octanol–water partition coefficient (Wildman–Crippen LogP) is 2.70. The van der Waals surface area contributed by atoms with Gasteiger partial charge < -0.3 is 4.90 Å². The molecule has 118 valence electrons. The molecule has 4 nitrogen and oxygen atoms in total. The molecule has 22 heavy (non-hydrogen) atoms. The third kappa shape index (κ3) is 2.63. The fourth-order valence-corrected chi connectivity index (χ4v) is 2.38. The van der Waals surface area contributed by atoms with Crippen LogP contribution in [0.15, 0.2) is 23.3 Å². The van der Waals surface area contributed by atoms with Crippen molar-refractivity contribution in [2.75, 3.05) is 11.9 Å². The number of hydrogen-bond donors (Lipinski definition) is 0. The first-order valence-corrected chi connectivity index (χ1v) is 6.58. The molecule has 0 amide bonds. The van der Waals surface area contributed by atoms with Gasteiger partial charge in [0.1, 0.15) is 5.82 Å². The zero-order valence-electron chi connectivity index (χ0n) is 12.6. The third-order valence-corrected chi connectivity index (χ3v) is 3.81. The predicted molar refractivity (Wildman–Crippen MR) is 74.6 cm³/mol. The number of pyridine rings is 1. The number of Topliss-reactive ketones (excluding diaryl/α,β-unsaturated/α-hetero) is 2. The topological polar surface area (TPSA) is 50.3 Å². The lowest BCUT2D eigenvalue weighted by Gasteiger charge is -2.24. The van der Waals surface area contributed by atoms with E-state index in [2.05, 4.69) is 4.98 Å². The van der Waals surface area contributed by atoms with E-state index >= 15 is 0 Å². The number of aryl methyl sites for hydroxylation is 1. The number of aromatic nitrogens is 1. The number of likely N-dealkylation sites (N-methyl/N-ethyl adjacent to an activating group) is 1. The fourth-order valence-electron chi connectivity index (χ4n) is 2.38. The van der Waals surface area contributed by atoms with Crippen molar-refractivity contribution in [2.45, 2.75) is 33.0 Å². The maximum Gasteiger partial charge on any atom is 0.416 e. The molecule has 0 N–H and O–H groups in total. The summed E-state index contributed by atoms with van der Waals surface area (Å²) in [6.07, 6.45) is -4.52. The number of carbonyl (C=O) groups is 2. The molecule has 0 saturated carbocycles. The van der Waals surface area contributed by atoms with Crippen LogP contribution in [0.3, 0.4) is 0 Å². The van der Waals surface area contributed by atoms with Crippen molar-refractivity contribution in [1.29, 1.82) is 0 Å². The molecule has 0 aromatic carbocycles. The highest BCUT2D eigenvalue weighted by Gasteiger charge is 2.40. The maximum absolute atomic E-state index is 12.9. The van der Waals surface area contributed by atoms with Crippen molar-refractivity contribution in [2.24, 2.45) is 0 Å². The van der Waals surface area contributed by atoms with Crippen LogP contribution in [-0.2, 0) is 15.8 Å². The second-order valence-corrected chi connectivity index (χ2v) is 5.35. The van der Waals surface area contributed by atoms with Gasteiger partial charge in [-0.2, -0.15) is 13.2 Å². The molecule has 1 aliphatic carbocycles. The molecule has 0 saturated heterocycles. The maximum atomic E-state index is 12.9. The van der Waals surface area contributed by atoms with Crippen molar-refractivity contribution in [3.05, 3.63) is 34.5 Å². The number of anilines is 1. The number of hydrogen-bond acceptors (Lipinski definition) is 4. The average Bonchev–Trinajstić information content (AvgIpc) is 2.61. The van der Waals surface area contributed by atoms with E-state index in [1.54, 1.807) is 0 Å². The molecule has 0 bridgehead atoms. The van der Waals surface area contributed by atoms with E-state index in [0.717, 1.165) is 12.1 Å². The summed E-state index contributed by atoms with van der Waals surface area (Å²) in [5.41, 5.74) is -0.0202. The summed E-state index contributed by atoms with van der Waals surface area (Å²) >= 11 is 0. The van der Waals surface area contributed by atoms with Gasteiger partial charge in [0.15, 0.2) is 17.6 Å². The van der Waals surface area contributed by atoms with Gasteiger partial charge in [0.2, 0.25) is 0 Å². The zero-order valence-corrected chi connectivity index (χ0v) is 12.6. The Morgan fingerprint density at radius 1 is 1.05 bits per heavy atom. The van der Waals surface area contributed by atoms with Gasteiger partial charge >= 0.3 is 6.18 Å². The van der Waals surface area contributed by atoms with E-state index in [0.29, 0.717) is 11.1 Å². The molecule has 1 aromatic heterocycles. The minimum absolute atomic E-state index is 0.0541. The fraction of sp³-hybridized carbons (Fsp3) is 0.400. The highest BCUT2D eigenvalue weighted by molar-refractivity contribution is 6.28. The van der Waals surface area contributed by atoms with Gasteiger partial charge in [0, 0.05) is 23.9 Å². The summed E-state index contributed by atoms with van der Waals surface area (Å²) in [5, 5.41) is 0. The highest BCUT2D eigenvalue weighted by Crippen LogP contribution is 2.33. The summed E-state index contributed by atoms with van der Waals surface area (Å²) in [5.74, 6) is -0.856.